The van der Waals surface area contributed by atoms with Gasteiger partial charge in [0.25, 0.3) is 5.91 Å². The van der Waals surface area contributed by atoms with Gasteiger partial charge in [-0.1, -0.05) is 0 Å². The summed E-state index contributed by atoms with van der Waals surface area (Å²) >= 11 is 1.07. The van der Waals surface area contributed by atoms with Crippen LogP contribution in [0.1, 0.15) is 53.3 Å². The Morgan fingerprint density at radius 2 is 1.90 bits per heavy atom. The third-order valence-corrected chi connectivity index (χ3v) is 3.75. The van der Waals surface area contributed by atoms with Crippen molar-refractivity contribution in [2.45, 2.75) is 40.7 Å². The van der Waals surface area contributed by atoms with E-state index >= 15 is 0 Å². The second-order valence-corrected chi connectivity index (χ2v) is 5.81. The molecule has 7 heteroatoms. The van der Waals surface area contributed by atoms with Gasteiger partial charge in [-0.15, -0.1) is 11.3 Å². The Morgan fingerprint density at radius 1 is 1.29 bits per heavy atom. The summed E-state index contributed by atoms with van der Waals surface area (Å²) in [5.74, 6) is -1.12. The van der Waals surface area contributed by atoms with E-state index < -0.39 is 5.97 Å². The Hall–Kier alpha value is -1.89. The van der Waals surface area contributed by atoms with E-state index in [1.165, 1.54) is 6.92 Å². The largest absolute Gasteiger partial charge is 0.462 e. The van der Waals surface area contributed by atoms with Crippen LogP contribution >= 0.6 is 11.3 Å². The summed E-state index contributed by atoms with van der Waals surface area (Å²) in [6.07, 6.45) is 0. The van der Waals surface area contributed by atoms with Crippen molar-refractivity contribution < 1.29 is 19.1 Å². The van der Waals surface area contributed by atoms with Crippen molar-refractivity contribution in [1.82, 2.24) is 5.32 Å². The van der Waals surface area contributed by atoms with Gasteiger partial charge in [-0.3, -0.25) is 9.59 Å². The van der Waals surface area contributed by atoms with Gasteiger partial charge in [0, 0.05) is 13.0 Å². The number of thiophene rings is 1. The molecule has 0 aromatic carbocycles. The van der Waals surface area contributed by atoms with Crippen LogP contribution in [0.2, 0.25) is 0 Å². The molecule has 0 radical (unpaired) electrons. The summed E-state index contributed by atoms with van der Waals surface area (Å²) in [5.41, 5.74) is 0.756. The summed E-state index contributed by atoms with van der Waals surface area (Å²) < 4.78 is 4.99. The molecule has 0 saturated carbocycles. The number of hydrogen-bond donors (Lipinski definition) is 2. The first-order valence-corrected chi connectivity index (χ1v) is 7.48. The smallest absolute Gasteiger partial charge is 0.341 e. The Balaban J connectivity index is 3.26. The summed E-state index contributed by atoms with van der Waals surface area (Å²) in [6.45, 7) is 8.63. The molecule has 1 rings (SSSR count). The summed E-state index contributed by atoms with van der Waals surface area (Å²) in [6, 6.07) is -0.0192. The average Bonchev–Trinajstić information content (AvgIpc) is 2.64. The number of hydrogen-bond acceptors (Lipinski definition) is 5. The first-order chi connectivity index (χ1) is 9.77. The Bertz CT molecular complexity index is 564. The normalized spacial score (nSPS) is 10.4. The van der Waals surface area contributed by atoms with E-state index in [9.17, 15) is 14.4 Å². The lowest BCUT2D eigenvalue weighted by atomic mass is 10.1. The van der Waals surface area contributed by atoms with Crippen molar-refractivity contribution in [3.8, 4) is 0 Å². The lowest BCUT2D eigenvalue weighted by molar-refractivity contribution is -0.114. The molecule has 1 heterocycles. The maximum absolute atomic E-state index is 12.1. The van der Waals surface area contributed by atoms with Crippen LogP contribution in [-0.2, 0) is 9.53 Å². The molecule has 2 N–H and O–H groups in total. The van der Waals surface area contributed by atoms with Gasteiger partial charge in [-0.2, -0.15) is 0 Å². The summed E-state index contributed by atoms with van der Waals surface area (Å²) in [4.78, 5) is 35.8. The van der Waals surface area contributed by atoms with E-state index in [0.29, 0.717) is 15.4 Å². The van der Waals surface area contributed by atoms with E-state index in [2.05, 4.69) is 10.6 Å². The minimum Gasteiger partial charge on any atom is -0.462 e. The predicted molar refractivity (Wildman–Crippen MR) is 81.9 cm³/mol. The third kappa shape index (κ3) is 4.29. The second-order valence-electron chi connectivity index (χ2n) is 4.79. The molecule has 0 fully saturated rings. The Labute approximate surface area is 127 Å². The van der Waals surface area contributed by atoms with Crippen LogP contribution in [0.3, 0.4) is 0 Å². The van der Waals surface area contributed by atoms with Crippen molar-refractivity contribution in [3.05, 3.63) is 16.0 Å². The lowest BCUT2D eigenvalue weighted by Crippen LogP contribution is -2.29. The standard InChI is InChI=1S/C14H20N2O4S/c1-6-20-14(19)10-8(4)11(12(18)15-7(2)3)21-13(10)16-9(5)17/h7H,6H2,1-5H3,(H,15,18)(H,16,17). The second kappa shape index (κ2) is 7.21. The van der Waals surface area contributed by atoms with Gasteiger partial charge in [0.2, 0.25) is 5.91 Å². The van der Waals surface area contributed by atoms with Crippen LogP contribution in [0, 0.1) is 6.92 Å². The zero-order valence-corrected chi connectivity index (χ0v) is 13.6. The van der Waals surface area contributed by atoms with Gasteiger partial charge in [0.05, 0.1) is 17.0 Å². The predicted octanol–water partition coefficient (Wildman–Crippen LogP) is 2.33. The van der Waals surface area contributed by atoms with Crippen LogP contribution in [0.5, 0.6) is 0 Å². The van der Waals surface area contributed by atoms with Gasteiger partial charge >= 0.3 is 5.97 Å². The maximum atomic E-state index is 12.1. The molecule has 0 aliphatic rings. The van der Waals surface area contributed by atoms with Gasteiger partial charge in [-0.25, -0.2) is 4.79 Å². The maximum Gasteiger partial charge on any atom is 0.341 e. The zero-order chi connectivity index (χ0) is 16.2. The topological polar surface area (TPSA) is 84.5 Å². The van der Waals surface area contributed by atoms with Gasteiger partial charge in [0.1, 0.15) is 5.00 Å². The van der Waals surface area contributed by atoms with Crippen molar-refractivity contribution in [2.75, 3.05) is 11.9 Å². The van der Waals surface area contributed by atoms with Crippen LogP contribution in [0.15, 0.2) is 0 Å². The minimum absolute atomic E-state index is 0.0192. The molecule has 6 nitrogen and oxygen atoms in total. The number of amides is 2. The van der Waals surface area contributed by atoms with Crippen molar-refractivity contribution in [3.63, 3.8) is 0 Å². The molecule has 1 aromatic heterocycles. The molecular formula is C14H20N2O4S. The number of nitrogens with one attached hydrogen (secondary N) is 2. The van der Waals surface area contributed by atoms with Crippen molar-refractivity contribution in [1.29, 1.82) is 0 Å². The molecule has 116 valence electrons. The van der Waals surface area contributed by atoms with Crippen molar-refractivity contribution in [2.24, 2.45) is 0 Å². The van der Waals surface area contributed by atoms with Gasteiger partial charge in [0.15, 0.2) is 0 Å². The highest BCUT2D eigenvalue weighted by atomic mass is 32.1. The molecule has 2 amide bonds. The fourth-order valence-electron chi connectivity index (χ4n) is 1.75. The fourth-order valence-corrected chi connectivity index (χ4v) is 2.90. The van der Waals surface area contributed by atoms with E-state index in [1.807, 2.05) is 13.8 Å². The Kier molecular flexibility index (Phi) is 5.90. The first-order valence-electron chi connectivity index (χ1n) is 6.66. The molecule has 0 atom stereocenters. The monoisotopic (exact) mass is 312 g/mol. The number of rotatable bonds is 5. The first kappa shape index (κ1) is 17.2. The van der Waals surface area contributed by atoms with Crippen LogP contribution < -0.4 is 10.6 Å². The molecule has 1 aromatic rings. The van der Waals surface area contributed by atoms with E-state index in [-0.39, 0.29) is 30.0 Å². The molecule has 0 spiro atoms. The lowest BCUT2D eigenvalue weighted by Gasteiger charge is -2.07. The highest BCUT2D eigenvalue weighted by Gasteiger charge is 2.26. The minimum atomic E-state index is -0.543. The number of ether oxygens (including phenoxy) is 1. The van der Waals surface area contributed by atoms with Gasteiger partial charge in [-0.05, 0) is 33.3 Å². The average molecular weight is 312 g/mol. The molecular weight excluding hydrogens is 292 g/mol. The fraction of sp³-hybridized carbons (Fsp3) is 0.500. The van der Waals surface area contributed by atoms with E-state index in [0.717, 1.165) is 11.3 Å². The number of esters is 1. The quantitative estimate of drug-likeness (QED) is 0.817. The SMILES string of the molecule is CCOC(=O)c1c(NC(C)=O)sc(C(=O)NC(C)C)c1C. The zero-order valence-electron chi connectivity index (χ0n) is 12.8. The van der Waals surface area contributed by atoms with Crippen LogP contribution in [-0.4, -0.2) is 30.4 Å². The molecule has 0 aliphatic carbocycles. The van der Waals surface area contributed by atoms with E-state index in [4.69, 9.17) is 4.74 Å². The summed E-state index contributed by atoms with van der Waals surface area (Å²) in [7, 11) is 0. The van der Waals surface area contributed by atoms with Crippen LogP contribution in [0.4, 0.5) is 5.00 Å². The van der Waals surface area contributed by atoms with Gasteiger partial charge < -0.3 is 15.4 Å². The third-order valence-electron chi connectivity index (χ3n) is 2.54. The number of carbonyl (C=O) groups excluding carboxylic acids is 3. The molecule has 0 aliphatic heterocycles. The highest BCUT2D eigenvalue weighted by molar-refractivity contribution is 7.18. The summed E-state index contributed by atoms with van der Waals surface area (Å²) in [5, 5.41) is 5.69. The Morgan fingerprint density at radius 3 is 2.38 bits per heavy atom. The van der Waals surface area contributed by atoms with E-state index in [1.54, 1.807) is 13.8 Å². The molecule has 0 bridgehead atoms. The molecule has 0 unspecified atom stereocenters. The van der Waals surface area contributed by atoms with Crippen molar-refractivity contribution >= 4 is 34.1 Å². The molecule has 21 heavy (non-hydrogen) atoms. The highest BCUT2D eigenvalue weighted by Crippen LogP contribution is 2.33. The number of carbonyl (C=O) groups is 3. The number of anilines is 1. The molecule has 0 saturated heterocycles. The van der Waals surface area contributed by atoms with Crippen LogP contribution in [0.25, 0.3) is 0 Å².